The van der Waals surface area contributed by atoms with Gasteiger partial charge in [0, 0.05) is 29.8 Å². The van der Waals surface area contributed by atoms with E-state index >= 15 is 0 Å². The van der Waals surface area contributed by atoms with Crippen LogP contribution in [0, 0.1) is 5.82 Å². The van der Waals surface area contributed by atoms with Crippen molar-refractivity contribution >= 4 is 23.5 Å². The summed E-state index contributed by atoms with van der Waals surface area (Å²) in [7, 11) is 0. The summed E-state index contributed by atoms with van der Waals surface area (Å²) in [5, 5.41) is 11.0. The number of alkyl carbamates (subject to hydrolysis) is 1. The zero-order valence-corrected chi connectivity index (χ0v) is 22.6. The van der Waals surface area contributed by atoms with Crippen molar-refractivity contribution in [2.75, 3.05) is 17.6 Å². The molecule has 3 atom stereocenters. The number of aryl methyl sites for hydroxylation is 1. The van der Waals surface area contributed by atoms with E-state index in [0.29, 0.717) is 37.8 Å². The number of halogens is 1. The number of ether oxygens (including phenoxy) is 1. The highest BCUT2D eigenvalue weighted by atomic mass is 19.1. The molecule has 0 radical (unpaired) electrons. The number of carbonyl (C=O) groups is 2. The maximum atomic E-state index is 14.1. The number of hydrogen-bond acceptors (Lipinski definition) is 6. The van der Waals surface area contributed by atoms with Gasteiger partial charge in [0.1, 0.15) is 18.2 Å². The van der Waals surface area contributed by atoms with Gasteiger partial charge in [-0.25, -0.2) is 9.18 Å². The normalized spacial score (nSPS) is 19.4. The molecule has 41 heavy (non-hydrogen) atoms. The summed E-state index contributed by atoms with van der Waals surface area (Å²) in [4.78, 5) is 26.7. The summed E-state index contributed by atoms with van der Waals surface area (Å²) >= 11 is 0. The smallest absolute Gasteiger partial charge is 0.407 e. The van der Waals surface area contributed by atoms with E-state index in [1.165, 1.54) is 16.8 Å². The quantitative estimate of drug-likeness (QED) is 0.294. The zero-order chi connectivity index (χ0) is 28.3. The highest BCUT2D eigenvalue weighted by Crippen LogP contribution is 2.40. The lowest BCUT2D eigenvalue weighted by molar-refractivity contribution is 0.0859. The minimum atomic E-state index is -0.569. The summed E-state index contributed by atoms with van der Waals surface area (Å²) in [5.41, 5.74) is 11.6. The van der Waals surface area contributed by atoms with E-state index in [9.17, 15) is 14.0 Å². The molecule has 4 N–H and O–H groups in total. The number of rotatable bonds is 6. The van der Waals surface area contributed by atoms with Gasteiger partial charge in [0.2, 0.25) is 0 Å². The number of nitrogens with one attached hydrogen (secondary N) is 2. The second kappa shape index (κ2) is 11.4. The highest BCUT2D eigenvalue weighted by Gasteiger charge is 2.38. The Hall–Kier alpha value is -4.66. The van der Waals surface area contributed by atoms with E-state index in [2.05, 4.69) is 15.7 Å². The third kappa shape index (κ3) is 5.52. The summed E-state index contributed by atoms with van der Waals surface area (Å²) in [5.74, 6) is -1.19. The molecule has 1 aliphatic heterocycles. The summed E-state index contributed by atoms with van der Waals surface area (Å²) in [6, 6.07) is 23.7. The molecule has 1 amide bonds. The molecule has 1 unspecified atom stereocenters. The van der Waals surface area contributed by atoms with E-state index in [0.717, 1.165) is 28.1 Å². The molecule has 1 aromatic heterocycles. The number of amides is 1. The number of carbonyl (C=O) groups excluding carboxylic acids is 2. The van der Waals surface area contributed by atoms with Gasteiger partial charge < -0.3 is 21.1 Å². The predicted molar refractivity (Wildman–Crippen MR) is 154 cm³/mol. The van der Waals surface area contributed by atoms with Gasteiger partial charge >= 0.3 is 6.09 Å². The van der Waals surface area contributed by atoms with Crippen LogP contribution in [-0.4, -0.2) is 34.4 Å². The molecular weight excluding hydrogens is 521 g/mol. The van der Waals surface area contributed by atoms with Crippen molar-refractivity contribution < 1.29 is 18.7 Å². The largest absolute Gasteiger partial charge is 0.445 e. The van der Waals surface area contributed by atoms with Crippen LogP contribution in [0.5, 0.6) is 0 Å². The predicted octanol–water partition coefficient (Wildman–Crippen LogP) is 5.41. The molecule has 210 valence electrons. The Balaban J connectivity index is 1.28. The summed E-state index contributed by atoms with van der Waals surface area (Å²) < 4.78 is 20.9. The number of aromatic nitrogens is 2. The molecule has 0 saturated carbocycles. The molecule has 0 bridgehead atoms. The van der Waals surface area contributed by atoms with Gasteiger partial charge in [0.15, 0.2) is 0 Å². The van der Waals surface area contributed by atoms with Crippen LogP contribution in [-0.2, 0) is 24.2 Å². The molecular formula is C32H32FN5O3. The van der Waals surface area contributed by atoms with Crippen LogP contribution in [0.2, 0.25) is 0 Å². The minimum absolute atomic E-state index is 0.168. The van der Waals surface area contributed by atoms with Crippen molar-refractivity contribution in [3.05, 3.63) is 113 Å². The van der Waals surface area contributed by atoms with Crippen LogP contribution < -0.4 is 16.4 Å². The Labute approximate surface area is 237 Å². The van der Waals surface area contributed by atoms with Crippen molar-refractivity contribution in [3.63, 3.8) is 0 Å². The number of hydrogen-bond donors (Lipinski definition) is 3. The van der Waals surface area contributed by atoms with Gasteiger partial charge in [-0.1, -0.05) is 60.7 Å². The molecule has 0 saturated heterocycles. The van der Waals surface area contributed by atoms with E-state index in [-0.39, 0.29) is 30.3 Å². The number of nitrogens with two attached hydrogens (primary N) is 1. The highest BCUT2D eigenvalue weighted by molar-refractivity contribution is 5.90. The van der Waals surface area contributed by atoms with Crippen molar-refractivity contribution in [2.45, 2.75) is 50.2 Å². The minimum Gasteiger partial charge on any atom is -0.445 e. The fourth-order valence-corrected chi connectivity index (χ4v) is 6.04. The van der Waals surface area contributed by atoms with E-state index in [1.54, 1.807) is 6.07 Å². The molecule has 9 heteroatoms. The van der Waals surface area contributed by atoms with Gasteiger partial charge in [-0.05, 0) is 60.6 Å². The van der Waals surface area contributed by atoms with Gasteiger partial charge in [-0.15, -0.1) is 0 Å². The van der Waals surface area contributed by atoms with Gasteiger partial charge in [-0.2, -0.15) is 9.78 Å². The van der Waals surface area contributed by atoms with Crippen LogP contribution in [0.1, 0.15) is 57.4 Å². The number of fused-ring (bicyclic) bond motifs is 2. The van der Waals surface area contributed by atoms with Crippen LogP contribution in [0.4, 0.5) is 20.7 Å². The van der Waals surface area contributed by atoms with E-state index < -0.39 is 17.8 Å². The molecule has 8 nitrogen and oxygen atoms in total. The molecule has 1 aliphatic carbocycles. The van der Waals surface area contributed by atoms with Crippen molar-refractivity contribution in [2.24, 2.45) is 0 Å². The lowest BCUT2D eigenvalue weighted by atomic mass is 9.78. The van der Waals surface area contributed by atoms with Crippen LogP contribution in [0.3, 0.4) is 0 Å². The first-order valence-electron chi connectivity index (χ1n) is 13.9. The third-order valence-corrected chi connectivity index (χ3v) is 8.04. The standard InChI is InChI=1S/C32H32FN5O3/c33-22-11-12-26-24(18-22)23(15-16-35-26)31(39)38-30(34)29-25(17-20-7-3-1-4-8-20)27(13-14-28(29)37-38)36-32(40)41-19-21-9-5-2-6-10-21/h1-12,18,23,25,27,35H,13-17,19,34H2,(H,36,40)/t23-,25?,27+/m0/s1. The van der Waals surface area contributed by atoms with Crippen LogP contribution in [0.25, 0.3) is 0 Å². The first kappa shape index (κ1) is 26.6. The lowest BCUT2D eigenvalue weighted by Gasteiger charge is -2.32. The Morgan fingerprint density at radius 3 is 2.51 bits per heavy atom. The molecule has 0 spiro atoms. The second-order valence-corrected chi connectivity index (χ2v) is 10.6. The molecule has 0 fully saturated rings. The van der Waals surface area contributed by atoms with Gasteiger partial charge in [-0.3, -0.25) is 4.79 Å². The monoisotopic (exact) mass is 553 g/mol. The Bertz CT molecular complexity index is 1560. The van der Waals surface area contributed by atoms with Gasteiger partial charge in [0.05, 0.1) is 11.6 Å². The fourth-order valence-electron chi connectivity index (χ4n) is 6.04. The van der Waals surface area contributed by atoms with Crippen molar-refractivity contribution in [1.29, 1.82) is 0 Å². The van der Waals surface area contributed by atoms with E-state index in [4.69, 9.17) is 10.5 Å². The van der Waals surface area contributed by atoms with Crippen LogP contribution >= 0.6 is 0 Å². The van der Waals surface area contributed by atoms with Crippen molar-refractivity contribution in [1.82, 2.24) is 15.1 Å². The third-order valence-electron chi connectivity index (χ3n) is 8.04. The zero-order valence-electron chi connectivity index (χ0n) is 22.6. The van der Waals surface area contributed by atoms with Crippen molar-refractivity contribution in [3.8, 4) is 0 Å². The van der Waals surface area contributed by atoms with Gasteiger partial charge in [0.25, 0.3) is 5.91 Å². The molecule has 2 heterocycles. The topological polar surface area (TPSA) is 111 Å². The maximum absolute atomic E-state index is 14.1. The average molecular weight is 554 g/mol. The van der Waals surface area contributed by atoms with Crippen LogP contribution in [0.15, 0.2) is 78.9 Å². The van der Waals surface area contributed by atoms with E-state index in [1.807, 2.05) is 60.7 Å². The lowest BCUT2D eigenvalue weighted by Crippen LogP contribution is -2.43. The molecule has 2 aliphatic rings. The Kier molecular flexibility index (Phi) is 7.41. The number of nitrogen functional groups attached to an aromatic ring is 1. The number of nitrogens with zero attached hydrogens (tertiary/aromatic N) is 2. The first-order valence-corrected chi connectivity index (χ1v) is 13.9. The average Bonchev–Trinajstić information content (AvgIpc) is 3.34. The summed E-state index contributed by atoms with van der Waals surface area (Å²) in [6.45, 7) is 0.754. The Morgan fingerprint density at radius 2 is 1.76 bits per heavy atom. The first-order chi connectivity index (χ1) is 20.0. The number of benzene rings is 3. The maximum Gasteiger partial charge on any atom is 0.407 e. The number of anilines is 2. The summed E-state index contributed by atoms with van der Waals surface area (Å²) in [6.07, 6.45) is 1.77. The Morgan fingerprint density at radius 1 is 1.02 bits per heavy atom. The molecule has 6 rings (SSSR count). The second-order valence-electron chi connectivity index (χ2n) is 10.6. The SMILES string of the molecule is Nc1c2c(nn1C(=O)[C@H]1CCNc3ccc(F)cc31)CC[C@@H](NC(=O)OCc1ccccc1)C2Cc1ccccc1. The fraction of sp³-hybridized carbons (Fsp3) is 0.281. The molecule has 3 aromatic carbocycles. The molecule has 4 aromatic rings.